The fourth-order valence-corrected chi connectivity index (χ4v) is 2.91. The predicted molar refractivity (Wildman–Crippen MR) is 79.1 cm³/mol. The van der Waals surface area contributed by atoms with Crippen LogP contribution in [0.4, 0.5) is 0 Å². The molecule has 19 heavy (non-hydrogen) atoms. The van der Waals surface area contributed by atoms with E-state index in [1.54, 1.807) is 0 Å². The van der Waals surface area contributed by atoms with Gasteiger partial charge in [0.2, 0.25) is 0 Å². The first-order chi connectivity index (χ1) is 9.11. The number of hydrogen-bond donors (Lipinski definition) is 1. The number of aryl methyl sites for hydroxylation is 1. The van der Waals surface area contributed by atoms with Crippen LogP contribution in [0.5, 0.6) is 0 Å². The van der Waals surface area contributed by atoms with Crippen molar-refractivity contribution < 1.29 is 4.74 Å². The zero-order valence-electron chi connectivity index (χ0n) is 12.3. The van der Waals surface area contributed by atoms with Crippen LogP contribution in [0.15, 0.2) is 24.3 Å². The van der Waals surface area contributed by atoms with Gasteiger partial charge in [0.05, 0.1) is 12.2 Å². The maximum absolute atomic E-state index is 5.98. The molecule has 1 aromatic rings. The van der Waals surface area contributed by atoms with E-state index in [4.69, 9.17) is 10.5 Å². The Hall–Kier alpha value is -0.900. The Morgan fingerprint density at radius 1 is 1.37 bits per heavy atom. The van der Waals surface area contributed by atoms with Crippen LogP contribution in [0.1, 0.15) is 30.9 Å². The Labute approximate surface area is 116 Å². The predicted octanol–water partition coefficient (Wildman–Crippen LogP) is 2.32. The molecule has 1 saturated heterocycles. The van der Waals surface area contributed by atoms with Gasteiger partial charge in [0.1, 0.15) is 0 Å². The van der Waals surface area contributed by atoms with E-state index in [-0.39, 0.29) is 6.10 Å². The van der Waals surface area contributed by atoms with Gasteiger partial charge in [-0.25, -0.2) is 0 Å². The highest BCUT2D eigenvalue weighted by Crippen LogP contribution is 2.24. The first-order valence-electron chi connectivity index (χ1n) is 7.22. The van der Waals surface area contributed by atoms with Crippen molar-refractivity contribution in [3.05, 3.63) is 35.4 Å². The van der Waals surface area contributed by atoms with Gasteiger partial charge in [-0.15, -0.1) is 0 Å². The third-order valence-corrected chi connectivity index (χ3v) is 4.18. The van der Waals surface area contributed by atoms with Crippen LogP contribution in [0.3, 0.4) is 0 Å². The molecule has 3 unspecified atom stereocenters. The van der Waals surface area contributed by atoms with Gasteiger partial charge in [-0.3, -0.25) is 4.90 Å². The second kappa shape index (κ2) is 6.51. The van der Waals surface area contributed by atoms with E-state index in [9.17, 15) is 0 Å². The number of nitrogens with zero attached hydrogens (tertiary/aromatic N) is 1. The minimum atomic E-state index is 0.286. The molecule has 0 bridgehead atoms. The van der Waals surface area contributed by atoms with Gasteiger partial charge in [0, 0.05) is 19.1 Å². The van der Waals surface area contributed by atoms with Gasteiger partial charge in [-0.1, -0.05) is 24.3 Å². The molecular weight excluding hydrogens is 236 g/mol. The molecule has 2 rings (SSSR count). The average Bonchev–Trinajstić information content (AvgIpc) is 2.80. The number of ether oxygens (including phenoxy) is 1. The Morgan fingerprint density at radius 2 is 2.11 bits per heavy atom. The summed E-state index contributed by atoms with van der Waals surface area (Å²) in [5.41, 5.74) is 8.68. The van der Waals surface area contributed by atoms with E-state index in [1.165, 1.54) is 11.1 Å². The lowest BCUT2D eigenvalue weighted by Gasteiger charge is -2.32. The molecule has 106 valence electrons. The van der Waals surface area contributed by atoms with Crippen molar-refractivity contribution in [3.63, 3.8) is 0 Å². The van der Waals surface area contributed by atoms with Crippen LogP contribution in [0.2, 0.25) is 0 Å². The highest BCUT2D eigenvalue weighted by Gasteiger charge is 2.31. The van der Waals surface area contributed by atoms with Crippen LogP contribution >= 0.6 is 0 Å². The minimum Gasteiger partial charge on any atom is -0.374 e. The SMILES string of the molecule is Cc1ccccc1CN(C)C(CN)C1CCC(C)O1. The van der Waals surface area contributed by atoms with Gasteiger partial charge in [0.15, 0.2) is 0 Å². The molecule has 1 aromatic carbocycles. The van der Waals surface area contributed by atoms with Crippen molar-refractivity contribution in [2.45, 2.75) is 51.5 Å². The normalized spacial score (nSPS) is 24.9. The second-order valence-electron chi connectivity index (χ2n) is 5.71. The first kappa shape index (κ1) is 14.5. The molecule has 1 aliphatic heterocycles. The van der Waals surface area contributed by atoms with Gasteiger partial charge >= 0.3 is 0 Å². The summed E-state index contributed by atoms with van der Waals surface area (Å²) in [5, 5.41) is 0. The third kappa shape index (κ3) is 3.56. The summed E-state index contributed by atoms with van der Waals surface area (Å²) < 4.78 is 5.98. The Morgan fingerprint density at radius 3 is 2.68 bits per heavy atom. The molecule has 2 N–H and O–H groups in total. The van der Waals surface area contributed by atoms with Gasteiger partial charge < -0.3 is 10.5 Å². The zero-order chi connectivity index (χ0) is 13.8. The molecule has 0 saturated carbocycles. The quantitative estimate of drug-likeness (QED) is 0.885. The number of benzene rings is 1. The van der Waals surface area contributed by atoms with E-state index < -0.39 is 0 Å². The summed E-state index contributed by atoms with van der Waals surface area (Å²) in [6.07, 6.45) is 2.94. The molecule has 3 nitrogen and oxygen atoms in total. The van der Waals surface area contributed by atoms with Crippen molar-refractivity contribution >= 4 is 0 Å². The highest BCUT2D eigenvalue weighted by molar-refractivity contribution is 5.25. The van der Waals surface area contributed by atoms with Crippen LogP contribution in [0.25, 0.3) is 0 Å². The number of nitrogens with two attached hydrogens (primary N) is 1. The first-order valence-corrected chi connectivity index (χ1v) is 7.22. The van der Waals surface area contributed by atoms with Gasteiger partial charge in [-0.05, 0) is 44.9 Å². The van der Waals surface area contributed by atoms with E-state index in [0.29, 0.717) is 18.7 Å². The smallest absolute Gasteiger partial charge is 0.0747 e. The summed E-state index contributed by atoms with van der Waals surface area (Å²) in [5.74, 6) is 0. The summed E-state index contributed by atoms with van der Waals surface area (Å²) in [7, 11) is 2.15. The molecule has 1 fully saturated rings. The van der Waals surface area contributed by atoms with Crippen molar-refractivity contribution in [3.8, 4) is 0 Å². The zero-order valence-corrected chi connectivity index (χ0v) is 12.3. The Kier molecular flexibility index (Phi) is 4.97. The molecule has 1 heterocycles. The molecule has 0 amide bonds. The second-order valence-corrected chi connectivity index (χ2v) is 5.71. The lowest BCUT2D eigenvalue weighted by Crippen LogP contribution is -2.46. The minimum absolute atomic E-state index is 0.286. The highest BCUT2D eigenvalue weighted by atomic mass is 16.5. The maximum Gasteiger partial charge on any atom is 0.0747 e. The lowest BCUT2D eigenvalue weighted by molar-refractivity contribution is 0.000800. The molecule has 3 heteroatoms. The number of rotatable bonds is 5. The summed E-state index contributed by atoms with van der Waals surface area (Å²) in [6, 6.07) is 8.85. The molecule has 0 spiro atoms. The molecule has 1 aliphatic rings. The molecule has 0 radical (unpaired) electrons. The van der Waals surface area contributed by atoms with E-state index in [2.05, 4.69) is 50.1 Å². The summed E-state index contributed by atoms with van der Waals surface area (Å²) >= 11 is 0. The fraction of sp³-hybridized carbons (Fsp3) is 0.625. The van der Waals surface area contributed by atoms with E-state index in [1.807, 2.05) is 0 Å². The van der Waals surface area contributed by atoms with Crippen LogP contribution in [-0.2, 0) is 11.3 Å². The summed E-state index contributed by atoms with van der Waals surface area (Å²) in [6.45, 7) is 5.90. The topological polar surface area (TPSA) is 38.5 Å². The maximum atomic E-state index is 5.98. The van der Waals surface area contributed by atoms with Crippen molar-refractivity contribution in [2.24, 2.45) is 5.73 Å². The third-order valence-electron chi connectivity index (χ3n) is 4.18. The van der Waals surface area contributed by atoms with Crippen molar-refractivity contribution in [2.75, 3.05) is 13.6 Å². The Bertz CT molecular complexity index is 407. The van der Waals surface area contributed by atoms with E-state index >= 15 is 0 Å². The number of hydrogen-bond acceptors (Lipinski definition) is 3. The fourth-order valence-electron chi connectivity index (χ4n) is 2.91. The van der Waals surface area contributed by atoms with Gasteiger partial charge in [0.25, 0.3) is 0 Å². The van der Waals surface area contributed by atoms with Crippen LogP contribution < -0.4 is 5.73 Å². The Balaban J connectivity index is 2.01. The molecule has 3 atom stereocenters. The summed E-state index contributed by atoms with van der Waals surface area (Å²) in [4.78, 5) is 2.34. The van der Waals surface area contributed by atoms with Gasteiger partial charge in [-0.2, -0.15) is 0 Å². The monoisotopic (exact) mass is 262 g/mol. The number of likely N-dealkylation sites (N-methyl/N-ethyl adjacent to an activating group) is 1. The molecule has 0 aromatic heterocycles. The largest absolute Gasteiger partial charge is 0.374 e. The van der Waals surface area contributed by atoms with Crippen molar-refractivity contribution in [1.82, 2.24) is 4.90 Å². The van der Waals surface area contributed by atoms with Crippen LogP contribution in [0, 0.1) is 6.92 Å². The van der Waals surface area contributed by atoms with E-state index in [0.717, 1.165) is 19.4 Å². The lowest BCUT2D eigenvalue weighted by atomic mass is 10.0. The average molecular weight is 262 g/mol. The molecular formula is C16H26N2O. The van der Waals surface area contributed by atoms with Crippen molar-refractivity contribution in [1.29, 1.82) is 0 Å². The standard InChI is InChI=1S/C16H26N2O/c1-12-6-4-5-7-14(12)11-18(3)15(10-17)16-9-8-13(2)19-16/h4-7,13,15-16H,8-11,17H2,1-3H3. The molecule has 0 aliphatic carbocycles. The van der Waals surface area contributed by atoms with Crippen LogP contribution in [-0.4, -0.2) is 36.7 Å².